The van der Waals surface area contributed by atoms with Gasteiger partial charge >= 0.3 is 0 Å². The lowest BCUT2D eigenvalue weighted by Gasteiger charge is -1.65. The van der Waals surface area contributed by atoms with Gasteiger partial charge in [-0.3, -0.25) is 0 Å². The fourth-order valence-corrected chi connectivity index (χ4v) is 0.222. The van der Waals surface area contributed by atoms with E-state index >= 15 is 0 Å². The number of anilines is 1. The first-order chi connectivity index (χ1) is 2.89. The highest BCUT2D eigenvalue weighted by atomic mass is 35.5. The molecule has 0 bridgehead atoms. The predicted octanol–water partition coefficient (Wildman–Crippen LogP) is 1.10. The van der Waals surface area contributed by atoms with Crippen LogP contribution in [0.3, 0.4) is 0 Å². The van der Waals surface area contributed by atoms with Crippen molar-refractivity contribution in [2.75, 3.05) is 5.73 Å². The second kappa shape index (κ2) is 4.74. The van der Waals surface area contributed by atoms with Crippen LogP contribution in [0.1, 0.15) is 0 Å². The zero-order chi connectivity index (χ0) is 4.41. The maximum absolute atomic E-state index is 5.07. The highest BCUT2D eigenvalue weighted by Crippen LogP contribution is 1.90. The van der Waals surface area contributed by atoms with Crippen LogP contribution in [0.15, 0.2) is 16.9 Å². The standard InChI is InChI=1S/C3H4N2O.2ClH/c4-3-1-2-6-5-3;;/h1-2H,(H2,4,5);2*1H. The largest absolute Gasteiger partial charge is 0.381 e. The van der Waals surface area contributed by atoms with Crippen LogP contribution in [0.4, 0.5) is 5.82 Å². The molecule has 0 aliphatic heterocycles. The molecular weight excluding hydrogens is 151 g/mol. The molecule has 0 amide bonds. The maximum atomic E-state index is 5.07. The van der Waals surface area contributed by atoms with Crippen LogP contribution in [0.5, 0.6) is 0 Å². The molecular formula is C3H6Cl2N2O. The van der Waals surface area contributed by atoms with Crippen molar-refractivity contribution in [3.63, 3.8) is 0 Å². The van der Waals surface area contributed by atoms with Crippen molar-refractivity contribution < 1.29 is 4.52 Å². The van der Waals surface area contributed by atoms with Gasteiger partial charge < -0.3 is 10.3 Å². The summed E-state index contributed by atoms with van der Waals surface area (Å²) >= 11 is 0. The van der Waals surface area contributed by atoms with Gasteiger partial charge in [0.1, 0.15) is 6.26 Å². The van der Waals surface area contributed by atoms with Crippen LogP contribution < -0.4 is 5.73 Å². The number of halogens is 2. The molecule has 1 heterocycles. The molecule has 0 unspecified atom stereocenters. The second-order valence-electron chi connectivity index (χ2n) is 0.924. The summed E-state index contributed by atoms with van der Waals surface area (Å²) in [5.41, 5.74) is 5.07. The molecule has 5 heteroatoms. The lowest BCUT2D eigenvalue weighted by molar-refractivity contribution is 0.423. The van der Waals surface area contributed by atoms with Gasteiger partial charge in [0.25, 0.3) is 0 Å². The van der Waals surface area contributed by atoms with Crippen LogP contribution in [0.25, 0.3) is 0 Å². The van der Waals surface area contributed by atoms with E-state index in [1.54, 1.807) is 6.07 Å². The number of hydrogen-bond acceptors (Lipinski definition) is 3. The third-order valence-electron chi connectivity index (χ3n) is 0.458. The molecule has 1 rings (SSSR count). The van der Waals surface area contributed by atoms with Crippen LogP contribution in [0.2, 0.25) is 0 Å². The molecule has 0 spiro atoms. The first-order valence-electron chi connectivity index (χ1n) is 1.55. The summed E-state index contributed by atoms with van der Waals surface area (Å²) in [5, 5.41) is 3.32. The van der Waals surface area contributed by atoms with Crippen LogP contribution in [-0.4, -0.2) is 5.16 Å². The minimum atomic E-state index is 0. The Labute approximate surface area is 59.0 Å². The number of nitrogen functional groups attached to an aromatic ring is 1. The molecule has 0 fully saturated rings. The van der Waals surface area contributed by atoms with E-state index in [9.17, 15) is 0 Å². The zero-order valence-electron chi connectivity index (χ0n) is 3.90. The van der Waals surface area contributed by atoms with Crippen LogP contribution >= 0.6 is 24.8 Å². The Bertz CT molecular complexity index is 119. The number of rotatable bonds is 0. The number of nitrogens with two attached hydrogens (primary N) is 1. The average molecular weight is 157 g/mol. The monoisotopic (exact) mass is 156 g/mol. The van der Waals surface area contributed by atoms with Gasteiger partial charge in [-0.25, -0.2) is 0 Å². The van der Waals surface area contributed by atoms with Crippen molar-refractivity contribution in [1.82, 2.24) is 5.16 Å². The minimum absolute atomic E-state index is 0. The van der Waals surface area contributed by atoms with E-state index in [2.05, 4.69) is 9.68 Å². The van der Waals surface area contributed by atoms with Gasteiger partial charge in [-0.05, 0) is 0 Å². The minimum Gasteiger partial charge on any atom is -0.381 e. The molecule has 0 saturated heterocycles. The van der Waals surface area contributed by atoms with E-state index in [1.807, 2.05) is 0 Å². The van der Waals surface area contributed by atoms with Gasteiger partial charge in [-0.2, -0.15) is 0 Å². The molecule has 3 nitrogen and oxygen atoms in total. The smallest absolute Gasteiger partial charge is 0.166 e. The highest BCUT2D eigenvalue weighted by molar-refractivity contribution is 5.85. The summed E-state index contributed by atoms with van der Waals surface area (Å²) in [5.74, 6) is 0.426. The normalized spacial score (nSPS) is 6.50. The van der Waals surface area contributed by atoms with E-state index in [-0.39, 0.29) is 24.8 Å². The highest BCUT2D eigenvalue weighted by Gasteiger charge is 1.78. The number of aromatic nitrogens is 1. The van der Waals surface area contributed by atoms with Crippen molar-refractivity contribution in [2.24, 2.45) is 0 Å². The summed E-state index contributed by atoms with van der Waals surface area (Å²) in [4.78, 5) is 0. The maximum Gasteiger partial charge on any atom is 0.166 e. The SMILES string of the molecule is Cl.Cl.Nc1ccon1. The lowest BCUT2D eigenvalue weighted by Crippen LogP contribution is -1.79. The van der Waals surface area contributed by atoms with Gasteiger partial charge in [-0.1, -0.05) is 5.16 Å². The van der Waals surface area contributed by atoms with Crippen molar-refractivity contribution in [1.29, 1.82) is 0 Å². The molecule has 0 aliphatic rings. The van der Waals surface area contributed by atoms with Gasteiger partial charge in [0.05, 0.1) is 0 Å². The van der Waals surface area contributed by atoms with Gasteiger partial charge in [0.2, 0.25) is 0 Å². The number of nitrogens with zero attached hydrogens (tertiary/aromatic N) is 1. The Balaban J connectivity index is 0. The molecule has 0 aliphatic carbocycles. The Morgan fingerprint density at radius 1 is 1.50 bits per heavy atom. The average Bonchev–Trinajstić information content (AvgIpc) is 1.86. The molecule has 0 aromatic carbocycles. The Morgan fingerprint density at radius 2 is 2.12 bits per heavy atom. The third-order valence-corrected chi connectivity index (χ3v) is 0.458. The first kappa shape index (κ1) is 10.5. The quantitative estimate of drug-likeness (QED) is 0.613. The van der Waals surface area contributed by atoms with Crippen LogP contribution in [0, 0.1) is 0 Å². The fourth-order valence-electron chi connectivity index (χ4n) is 0.222. The van der Waals surface area contributed by atoms with Gasteiger partial charge in [0, 0.05) is 6.07 Å². The summed E-state index contributed by atoms with van der Waals surface area (Å²) in [6.45, 7) is 0. The molecule has 1 aromatic heterocycles. The van der Waals surface area contributed by atoms with E-state index in [0.29, 0.717) is 5.82 Å². The molecule has 48 valence electrons. The van der Waals surface area contributed by atoms with Gasteiger partial charge in [-0.15, -0.1) is 24.8 Å². The van der Waals surface area contributed by atoms with Crippen LogP contribution in [-0.2, 0) is 0 Å². The van der Waals surface area contributed by atoms with Crippen molar-refractivity contribution in [2.45, 2.75) is 0 Å². The van der Waals surface area contributed by atoms with Crippen molar-refractivity contribution >= 4 is 30.6 Å². The number of hydrogen-bond donors (Lipinski definition) is 1. The van der Waals surface area contributed by atoms with Crippen molar-refractivity contribution in [3.05, 3.63) is 12.3 Å². The fraction of sp³-hybridized carbons (Fsp3) is 0. The topological polar surface area (TPSA) is 52.0 Å². The second-order valence-corrected chi connectivity index (χ2v) is 0.924. The Kier molecular flexibility index (Phi) is 6.25. The summed E-state index contributed by atoms with van der Waals surface area (Å²) in [7, 11) is 0. The molecule has 0 radical (unpaired) electrons. The van der Waals surface area contributed by atoms with Crippen molar-refractivity contribution in [3.8, 4) is 0 Å². The molecule has 0 saturated carbocycles. The summed E-state index contributed by atoms with van der Waals surface area (Å²) < 4.78 is 4.34. The predicted molar refractivity (Wildman–Crippen MR) is 35.4 cm³/mol. The van der Waals surface area contributed by atoms with E-state index in [4.69, 9.17) is 5.73 Å². The van der Waals surface area contributed by atoms with E-state index < -0.39 is 0 Å². The van der Waals surface area contributed by atoms with E-state index in [0.717, 1.165) is 0 Å². The zero-order valence-corrected chi connectivity index (χ0v) is 5.54. The Hall–Kier alpha value is -0.410. The Morgan fingerprint density at radius 3 is 2.25 bits per heavy atom. The summed E-state index contributed by atoms with van der Waals surface area (Å²) in [6, 6.07) is 1.58. The van der Waals surface area contributed by atoms with E-state index in [1.165, 1.54) is 6.26 Å². The molecule has 8 heavy (non-hydrogen) atoms. The molecule has 0 atom stereocenters. The van der Waals surface area contributed by atoms with Gasteiger partial charge in [0.15, 0.2) is 5.82 Å². The summed E-state index contributed by atoms with van der Waals surface area (Å²) in [6.07, 6.45) is 1.43. The first-order valence-corrected chi connectivity index (χ1v) is 1.55. The lowest BCUT2D eigenvalue weighted by atomic mass is 10.7. The molecule has 1 aromatic rings. The third kappa shape index (κ3) is 2.71. The molecule has 2 N–H and O–H groups in total.